The van der Waals surface area contributed by atoms with E-state index in [9.17, 15) is 9.59 Å². The maximum Gasteiger partial charge on any atom is 0.314 e. The lowest BCUT2D eigenvalue weighted by atomic mass is 10.1. The fraction of sp³-hybridized carbons (Fsp3) is 0.243. The molecular weight excluding hydrogens is 752 g/mol. The van der Waals surface area contributed by atoms with Crippen molar-refractivity contribution >= 4 is 66.5 Å². The van der Waals surface area contributed by atoms with Crippen molar-refractivity contribution in [3.8, 4) is 0 Å². The number of nitrogen functional groups attached to an aromatic ring is 2. The number of carbonyl (C=O) groups is 2. The highest BCUT2D eigenvalue weighted by Gasteiger charge is 2.16. The molecule has 0 fully saturated rings. The number of carboxylic acid groups (broad SMARTS) is 2. The van der Waals surface area contributed by atoms with Crippen molar-refractivity contribution < 1.29 is 19.8 Å². The van der Waals surface area contributed by atoms with Crippen LogP contribution < -0.4 is 11.5 Å². The summed E-state index contributed by atoms with van der Waals surface area (Å²) in [7, 11) is 0. The van der Waals surface area contributed by atoms with E-state index < -0.39 is 18.4 Å². The molecule has 6 N–H and O–H groups in total. The summed E-state index contributed by atoms with van der Waals surface area (Å²) in [5.41, 5.74) is 24.0. The molecule has 256 valence electrons. The Morgan fingerprint density at radius 3 is 1.39 bits per heavy atom. The average Bonchev–Trinajstić information content (AvgIpc) is 3.42. The Balaban J connectivity index is 0.000000186. The summed E-state index contributed by atoms with van der Waals surface area (Å²) in [5.74, 6) is -1.08. The number of benzene rings is 2. The van der Waals surface area contributed by atoms with Crippen LogP contribution in [0.2, 0.25) is 0 Å². The summed E-state index contributed by atoms with van der Waals surface area (Å²) in [6.07, 6.45) is 10.4. The molecule has 0 spiro atoms. The molecule has 0 unspecified atom stereocenters. The monoisotopic (exact) mass is 790 g/mol. The van der Waals surface area contributed by atoms with E-state index in [1.165, 1.54) is 22.3 Å². The first kappa shape index (κ1) is 37.1. The molecule has 4 aromatic heterocycles. The van der Waals surface area contributed by atoms with Gasteiger partial charge < -0.3 is 21.7 Å². The van der Waals surface area contributed by atoms with Crippen LogP contribution in [-0.2, 0) is 35.3 Å². The third-order valence-electron chi connectivity index (χ3n) is 8.05. The predicted octanol–water partition coefficient (Wildman–Crippen LogP) is 7.71. The summed E-state index contributed by atoms with van der Waals surface area (Å²) < 4.78 is 6.12. The van der Waals surface area contributed by atoms with E-state index in [-0.39, 0.29) is 0 Å². The average molecular weight is 793 g/mol. The van der Waals surface area contributed by atoms with Gasteiger partial charge in [-0.05, 0) is 96.4 Å². The fourth-order valence-electron chi connectivity index (χ4n) is 5.49. The van der Waals surface area contributed by atoms with Crippen molar-refractivity contribution in [2.24, 2.45) is 0 Å². The van der Waals surface area contributed by atoms with Crippen molar-refractivity contribution in [1.82, 2.24) is 18.8 Å². The zero-order valence-electron chi connectivity index (χ0n) is 27.9. The number of nitrogens with two attached hydrogens (primary N) is 2. The van der Waals surface area contributed by atoms with E-state index in [2.05, 4.69) is 104 Å². The Hall–Kier alpha value is -4.68. The highest BCUT2D eigenvalue weighted by molar-refractivity contribution is 9.11. The van der Waals surface area contributed by atoms with E-state index >= 15 is 0 Å². The maximum atomic E-state index is 9.43. The zero-order chi connectivity index (χ0) is 35.8. The molecule has 0 aliphatic rings. The molecule has 10 nitrogen and oxygen atoms in total. The smallest absolute Gasteiger partial charge is 0.314 e. The van der Waals surface area contributed by atoms with Gasteiger partial charge >= 0.3 is 11.9 Å². The highest BCUT2D eigenvalue weighted by Crippen LogP contribution is 2.33. The van der Waals surface area contributed by atoms with Gasteiger partial charge in [-0.1, -0.05) is 59.7 Å². The molecule has 49 heavy (non-hydrogen) atoms. The molecule has 0 amide bonds. The van der Waals surface area contributed by atoms with Crippen LogP contribution in [-0.4, -0.2) is 40.9 Å². The molecule has 6 rings (SSSR count). The van der Waals surface area contributed by atoms with Crippen LogP contribution in [0, 0.1) is 27.7 Å². The molecule has 4 heterocycles. The van der Waals surface area contributed by atoms with Crippen molar-refractivity contribution in [1.29, 1.82) is 0 Å². The number of aromatic nitrogens is 4. The number of halogens is 2. The topological polar surface area (TPSA) is 161 Å². The largest absolute Gasteiger partial charge is 0.481 e. The summed E-state index contributed by atoms with van der Waals surface area (Å²) in [6, 6.07) is 17.2. The van der Waals surface area contributed by atoms with Crippen LogP contribution in [0.25, 0.3) is 11.0 Å². The second kappa shape index (κ2) is 16.6. The molecule has 0 atom stereocenters. The van der Waals surface area contributed by atoms with E-state index in [1.54, 1.807) is 0 Å². The normalized spacial score (nSPS) is 10.7. The van der Waals surface area contributed by atoms with E-state index in [0.717, 1.165) is 79.8 Å². The number of hydrogen-bond acceptors (Lipinski definition) is 6. The van der Waals surface area contributed by atoms with Crippen LogP contribution in [0.4, 0.5) is 11.6 Å². The Morgan fingerprint density at radius 2 is 1.06 bits per heavy atom. The standard InChI is InChI=1S/2C17H18BrN3.C3H4O4/c2*1-11-4-3-5-13(10-11)6-7-14-16-15(18)12(2)17(19)21(16)9-8-20-14;4-2(5)1-3(6)7/h2*3-5,8-10H,6-7,19H2,1-2H3;1H2,(H,4,5)(H,6,7). The lowest BCUT2D eigenvalue weighted by molar-refractivity contribution is -0.147. The molecule has 12 heteroatoms. The van der Waals surface area contributed by atoms with Gasteiger partial charge in [-0.25, -0.2) is 0 Å². The molecule has 0 aliphatic heterocycles. The van der Waals surface area contributed by atoms with Crippen LogP contribution in [0.3, 0.4) is 0 Å². The van der Waals surface area contributed by atoms with Gasteiger partial charge in [0.15, 0.2) is 0 Å². The maximum absolute atomic E-state index is 9.43. The number of rotatable bonds is 8. The van der Waals surface area contributed by atoms with Crippen molar-refractivity contribution in [3.05, 3.63) is 127 Å². The molecular formula is C37H40Br2N6O4. The van der Waals surface area contributed by atoms with E-state index in [4.69, 9.17) is 21.7 Å². The Morgan fingerprint density at radius 1 is 0.673 bits per heavy atom. The van der Waals surface area contributed by atoms with Crippen LogP contribution in [0.1, 0.15) is 51.2 Å². The van der Waals surface area contributed by atoms with E-state index in [1.807, 2.05) is 47.4 Å². The van der Waals surface area contributed by atoms with Crippen LogP contribution >= 0.6 is 31.9 Å². The Labute approximate surface area is 302 Å². The molecule has 2 aromatic carbocycles. The van der Waals surface area contributed by atoms with Gasteiger partial charge in [-0.2, -0.15) is 0 Å². The number of anilines is 2. The lowest BCUT2D eigenvalue weighted by Gasteiger charge is -2.06. The predicted molar refractivity (Wildman–Crippen MR) is 201 cm³/mol. The van der Waals surface area contributed by atoms with Gasteiger partial charge in [0.25, 0.3) is 0 Å². The van der Waals surface area contributed by atoms with Gasteiger partial charge in [0.05, 0.1) is 31.4 Å². The molecule has 0 saturated heterocycles. The lowest BCUT2D eigenvalue weighted by Crippen LogP contribution is -2.03. The second-order valence-corrected chi connectivity index (χ2v) is 13.4. The Bertz CT molecular complexity index is 1970. The minimum atomic E-state index is -1.31. The quantitative estimate of drug-likeness (QED) is 0.114. The third-order valence-corrected chi connectivity index (χ3v) is 9.99. The SMILES string of the molecule is Cc1cccc(CCc2nccn3c(N)c(C)c(Br)c23)c1.Cc1cccc(CCc2nccn3c(N)c(C)c(Br)c23)c1.O=C(O)CC(=O)O. The molecule has 0 aliphatic carbocycles. The van der Waals surface area contributed by atoms with Gasteiger partial charge in [-0.15, -0.1) is 0 Å². The van der Waals surface area contributed by atoms with Gasteiger partial charge in [0.2, 0.25) is 0 Å². The number of aliphatic carboxylic acids is 2. The number of fused-ring (bicyclic) bond motifs is 2. The van der Waals surface area contributed by atoms with E-state index in [0.29, 0.717) is 0 Å². The summed E-state index contributed by atoms with van der Waals surface area (Å²) in [5, 5.41) is 15.4. The number of hydrogen-bond donors (Lipinski definition) is 4. The minimum Gasteiger partial charge on any atom is -0.481 e. The van der Waals surface area contributed by atoms with Crippen LogP contribution in [0.15, 0.2) is 82.3 Å². The summed E-state index contributed by atoms with van der Waals surface area (Å²) >= 11 is 7.30. The summed E-state index contributed by atoms with van der Waals surface area (Å²) in [4.78, 5) is 28.0. The van der Waals surface area contributed by atoms with Gasteiger partial charge in [-0.3, -0.25) is 28.4 Å². The minimum absolute atomic E-state index is 0.774. The third kappa shape index (κ3) is 9.27. The molecule has 6 aromatic rings. The fourth-order valence-corrected chi connectivity index (χ4v) is 6.74. The van der Waals surface area contributed by atoms with Gasteiger partial charge in [0, 0.05) is 35.9 Å². The van der Waals surface area contributed by atoms with Crippen LogP contribution in [0.5, 0.6) is 0 Å². The molecule has 0 bridgehead atoms. The first-order chi connectivity index (χ1) is 23.3. The zero-order valence-corrected chi connectivity index (χ0v) is 31.0. The first-order valence-electron chi connectivity index (χ1n) is 15.6. The Kier molecular flexibility index (Phi) is 12.6. The molecule has 0 radical (unpaired) electrons. The highest BCUT2D eigenvalue weighted by atomic mass is 79.9. The van der Waals surface area contributed by atoms with Gasteiger partial charge in [0.1, 0.15) is 18.1 Å². The second-order valence-electron chi connectivity index (χ2n) is 11.8. The number of carboxylic acids is 2. The van der Waals surface area contributed by atoms with Crippen molar-refractivity contribution in [3.63, 3.8) is 0 Å². The molecule has 0 saturated carbocycles. The number of nitrogens with zero attached hydrogens (tertiary/aromatic N) is 4. The summed E-state index contributed by atoms with van der Waals surface area (Å²) in [6.45, 7) is 8.29. The first-order valence-corrected chi connectivity index (χ1v) is 17.2. The van der Waals surface area contributed by atoms with Crippen molar-refractivity contribution in [2.75, 3.05) is 11.5 Å². The van der Waals surface area contributed by atoms with Crippen molar-refractivity contribution in [2.45, 2.75) is 59.8 Å². The number of aryl methyl sites for hydroxylation is 6.